The van der Waals surface area contributed by atoms with Crippen LogP contribution in [0.1, 0.15) is 21.5 Å². The van der Waals surface area contributed by atoms with E-state index < -0.39 is 0 Å². The predicted molar refractivity (Wildman–Crippen MR) is 78.0 cm³/mol. The number of nitrogen functional groups attached to an aromatic ring is 1. The maximum absolute atomic E-state index is 11.3. The molecule has 20 heavy (non-hydrogen) atoms. The topological polar surface area (TPSA) is 64.3 Å². The zero-order chi connectivity index (χ0) is 14.4. The molecule has 0 atom stereocenters. The van der Waals surface area contributed by atoms with E-state index in [9.17, 15) is 4.79 Å². The minimum Gasteiger partial charge on any atom is -0.372 e. The average Bonchev–Trinajstić information content (AvgIpc) is 2.49. The Morgan fingerprint density at radius 1 is 1.10 bits per heavy atom. The van der Waals surface area contributed by atoms with Crippen LogP contribution in [0.25, 0.3) is 0 Å². The first-order valence-corrected chi connectivity index (χ1v) is 6.49. The number of nitrogens with one attached hydrogen (secondary N) is 1. The molecule has 5 heteroatoms. The third-order valence-electron chi connectivity index (χ3n) is 2.83. The number of hydrazine groups is 1. The number of hydrogen-bond acceptors (Lipinski definition) is 3. The molecule has 2 rings (SSSR count). The van der Waals surface area contributed by atoms with Gasteiger partial charge in [-0.3, -0.25) is 10.2 Å². The first-order valence-electron chi connectivity index (χ1n) is 6.11. The van der Waals surface area contributed by atoms with Crippen LogP contribution >= 0.6 is 11.6 Å². The van der Waals surface area contributed by atoms with Crippen molar-refractivity contribution in [1.29, 1.82) is 0 Å². The Kier molecular flexibility index (Phi) is 5.12. The Bertz CT molecular complexity index is 585. The second-order valence-electron chi connectivity index (χ2n) is 4.25. The third kappa shape index (κ3) is 3.81. The van der Waals surface area contributed by atoms with E-state index in [1.54, 1.807) is 12.1 Å². The van der Waals surface area contributed by atoms with Crippen LogP contribution < -0.4 is 11.3 Å². The largest absolute Gasteiger partial charge is 0.372 e. The summed E-state index contributed by atoms with van der Waals surface area (Å²) in [4.78, 5) is 11.3. The Hall–Kier alpha value is -1.88. The number of hydrogen-bond donors (Lipinski definition) is 2. The molecule has 0 aliphatic rings. The Labute approximate surface area is 122 Å². The van der Waals surface area contributed by atoms with Gasteiger partial charge in [0.25, 0.3) is 5.91 Å². The van der Waals surface area contributed by atoms with E-state index in [2.05, 4.69) is 5.43 Å². The van der Waals surface area contributed by atoms with Crippen LogP contribution in [0.3, 0.4) is 0 Å². The quantitative estimate of drug-likeness (QED) is 0.505. The van der Waals surface area contributed by atoms with Crippen molar-refractivity contribution < 1.29 is 9.53 Å². The monoisotopic (exact) mass is 290 g/mol. The predicted octanol–water partition coefficient (Wildman–Crippen LogP) is 2.66. The molecule has 104 valence electrons. The molecule has 0 aliphatic carbocycles. The zero-order valence-electron chi connectivity index (χ0n) is 10.8. The van der Waals surface area contributed by atoms with Gasteiger partial charge in [-0.1, -0.05) is 41.9 Å². The first kappa shape index (κ1) is 14.5. The lowest BCUT2D eigenvalue weighted by Crippen LogP contribution is -2.29. The lowest BCUT2D eigenvalue weighted by atomic mass is 10.1. The molecule has 0 saturated heterocycles. The lowest BCUT2D eigenvalue weighted by Gasteiger charge is -2.07. The number of amides is 1. The Morgan fingerprint density at radius 2 is 1.80 bits per heavy atom. The molecule has 4 nitrogen and oxygen atoms in total. The van der Waals surface area contributed by atoms with Gasteiger partial charge in [-0.25, -0.2) is 5.84 Å². The fraction of sp³-hybridized carbons (Fsp3) is 0.133. The molecule has 0 aromatic heterocycles. The second-order valence-corrected chi connectivity index (χ2v) is 4.66. The Morgan fingerprint density at radius 3 is 2.45 bits per heavy atom. The fourth-order valence-electron chi connectivity index (χ4n) is 1.73. The normalized spacial score (nSPS) is 10.3. The number of ether oxygens (including phenoxy) is 1. The molecule has 0 bridgehead atoms. The molecule has 0 radical (unpaired) electrons. The van der Waals surface area contributed by atoms with E-state index in [-0.39, 0.29) is 5.91 Å². The van der Waals surface area contributed by atoms with Gasteiger partial charge in [0.05, 0.1) is 13.2 Å². The van der Waals surface area contributed by atoms with E-state index in [1.165, 1.54) is 0 Å². The van der Waals surface area contributed by atoms with Crippen molar-refractivity contribution in [2.24, 2.45) is 5.84 Å². The van der Waals surface area contributed by atoms with Gasteiger partial charge >= 0.3 is 0 Å². The van der Waals surface area contributed by atoms with Crippen molar-refractivity contribution in [3.05, 3.63) is 70.2 Å². The first-order chi connectivity index (χ1) is 9.70. The van der Waals surface area contributed by atoms with Crippen molar-refractivity contribution in [1.82, 2.24) is 5.43 Å². The lowest BCUT2D eigenvalue weighted by molar-refractivity contribution is 0.0953. The third-order valence-corrected chi connectivity index (χ3v) is 3.20. The molecule has 1 amide bonds. The molecular weight excluding hydrogens is 276 g/mol. The molecule has 0 aliphatic heterocycles. The van der Waals surface area contributed by atoms with Crippen LogP contribution in [-0.2, 0) is 18.0 Å². The van der Waals surface area contributed by atoms with Crippen LogP contribution in [0, 0.1) is 0 Å². The van der Waals surface area contributed by atoms with Crippen LogP contribution in [0.15, 0.2) is 48.5 Å². The highest BCUT2D eigenvalue weighted by atomic mass is 35.5. The second kappa shape index (κ2) is 7.05. The summed E-state index contributed by atoms with van der Waals surface area (Å²) < 4.78 is 5.60. The van der Waals surface area contributed by atoms with Gasteiger partial charge in [0.1, 0.15) is 0 Å². The summed E-state index contributed by atoms with van der Waals surface area (Å²) in [6.45, 7) is 0.903. The zero-order valence-corrected chi connectivity index (χ0v) is 11.6. The van der Waals surface area contributed by atoms with Crippen molar-refractivity contribution in [3.8, 4) is 0 Å². The minimum atomic E-state index is -0.312. The standard InChI is InChI=1S/C15H15ClN2O2/c16-14-4-2-1-3-13(14)10-20-9-11-5-7-12(8-6-11)15(19)18-17/h1-8H,9-10,17H2,(H,18,19). The summed E-state index contributed by atoms with van der Waals surface area (Å²) in [5.41, 5.74) is 4.53. The molecule has 2 aromatic rings. The summed E-state index contributed by atoms with van der Waals surface area (Å²) in [6.07, 6.45) is 0. The van der Waals surface area contributed by atoms with Crippen molar-refractivity contribution in [2.45, 2.75) is 13.2 Å². The molecule has 0 saturated carbocycles. The molecule has 0 fully saturated rings. The Balaban J connectivity index is 1.88. The summed E-state index contributed by atoms with van der Waals surface area (Å²) >= 11 is 6.04. The maximum Gasteiger partial charge on any atom is 0.265 e. The number of benzene rings is 2. The van der Waals surface area contributed by atoms with Gasteiger partial charge in [0, 0.05) is 10.6 Å². The van der Waals surface area contributed by atoms with E-state index in [4.69, 9.17) is 22.2 Å². The summed E-state index contributed by atoms with van der Waals surface area (Å²) in [7, 11) is 0. The van der Waals surface area contributed by atoms with E-state index in [0.29, 0.717) is 23.8 Å². The highest BCUT2D eigenvalue weighted by molar-refractivity contribution is 6.31. The summed E-state index contributed by atoms with van der Waals surface area (Å²) in [5.74, 6) is 4.75. The maximum atomic E-state index is 11.3. The molecule has 3 N–H and O–H groups in total. The van der Waals surface area contributed by atoms with E-state index >= 15 is 0 Å². The van der Waals surface area contributed by atoms with Gasteiger partial charge in [-0.2, -0.15) is 0 Å². The number of halogens is 1. The minimum absolute atomic E-state index is 0.312. The highest BCUT2D eigenvalue weighted by Crippen LogP contribution is 2.16. The summed E-state index contributed by atoms with van der Waals surface area (Å²) in [6, 6.07) is 14.6. The average molecular weight is 291 g/mol. The van der Waals surface area contributed by atoms with Gasteiger partial charge in [0.15, 0.2) is 0 Å². The van der Waals surface area contributed by atoms with Gasteiger partial charge in [0.2, 0.25) is 0 Å². The van der Waals surface area contributed by atoms with Crippen LogP contribution in [0.4, 0.5) is 0 Å². The van der Waals surface area contributed by atoms with Crippen molar-refractivity contribution >= 4 is 17.5 Å². The van der Waals surface area contributed by atoms with E-state index in [0.717, 1.165) is 11.1 Å². The number of rotatable bonds is 5. The SMILES string of the molecule is NNC(=O)c1ccc(COCc2ccccc2Cl)cc1. The highest BCUT2D eigenvalue weighted by Gasteiger charge is 2.03. The smallest absolute Gasteiger partial charge is 0.265 e. The molecule has 0 heterocycles. The fourth-order valence-corrected chi connectivity index (χ4v) is 1.92. The number of carbonyl (C=O) groups is 1. The van der Waals surface area contributed by atoms with E-state index in [1.807, 2.05) is 36.4 Å². The van der Waals surface area contributed by atoms with Crippen LogP contribution in [-0.4, -0.2) is 5.91 Å². The van der Waals surface area contributed by atoms with Crippen molar-refractivity contribution in [2.75, 3.05) is 0 Å². The van der Waals surface area contributed by atoms with Gasteiger partial charge in [-0.05, 0) is 29.3 Å². The van der Waals surface area contributed by atoms with Gasteiger partial charge in [-0.15, -0.1) is 0 Å². The van der Waals surface area contributed by atoms with Crippen molar-refractivity contribution in [3.63, 3.8) is 0 Å². The van der Waals surface area contributed by atoms with Gasteiger partial charge < -0.3 is 4.74 Å². The molecule has 0 unspecified atom stereocenters. The van der Waals surface area contributed by atoms with Crippen LogP contribution in [0.2, 0.25) is 5.02 Å². The summed E-state index contributed by atoms with van der Waals surface area (Å²) in [5, 5.41) is 0.697. The molecule has 2 aromatic carbocycles. The molecular formula is C15H15ClN2O2. The van der Waals surface area contributed by atoms with Crippen LogP contribution in [0.5, 0.6) is 0 Å². The molecule has 0 spiro atoms. The number of nitrogens with two attached hydrogens (primary N) is 1. The number of carbonyl (C=O) groups excluding carboxylic acids is 1.